The lowest BCUT2D eigenvalue weighted by atomic mass is 9.84. The van der Waals surface area contributed by atoms with Crippen LogP contribution in [-0.4, -0.2) is 11.5 Å². The van der Waals surface area contributed by atoms with Gasteiger partial charge in [-0.2, -0.15) is 0 Å². The number of benzene rings is 1. The van der Waals surface area contributed by atoms with Crippen molar-refractivity contribution in [3.63, 3.8) is 0 Å². The van der Waals surface area contributed by atoms with Gasteiger partial charge in [-0.3, -0.25) is 4.98 Å². The zero-order chi connectivity index (χ0) is 13.5. The second-order valence-electron chi connectivity index (χ2n) is 6.57. The van der Waals surface area contributed by atoms with Crippen LogP contribution >= 0.6 is 0 Å². The van der Waals surface area contributed by atoms with E-state index in [4.69, 9.17) is 0 Å². The molecule has 1 aliphatic rings. The molecule has 0 saturated carbocycles. The van der Waals surface area contributed by atoms with Crippen molar-refractivity contribution in [1.82, 2.24) is 10.3 Å². The fourth-order valence-electron chi connectivity index (χ4n) is 2.98. The summed E-state index contributed by atoms with van der Waals surface area (Å²) in [7, 11) is 0. The SMILES string of the molecule is CC(C)(C)c1cncc2cc(C3CCCN3)ccc12. The molecule has 2 heteroatoms. The minimum Gasteiger partial charge on any atom is -0.310 e. The summed E-state index contributed by atoms with van der Waals surface area (Å²) in [5, 5.41) is 6.16. The lowest BCUT2D eigenvalue weighted by molar-refractivity contribution is 0.593. The smallest absolute Gasteiger partial charge is 0.0346 e. The molecule has 3 rings (SSSR count). The second-order valence-corrected chi connectivity index (χ2v) is 6.57. The van der Waals surface area contributed by atoms with Crippen LogP contribution in [0.3, 0.4) is 0 Å². The average molecular weight is 254 g/mol. The van der Waals surface area contributed by atoms with Gasteiger partial charge in [0.25, 0.3) is 0 Å². The maximum Gasteiger partial charge on any atom is 0.0346 e. The Kier molecular flexibility index (Phi) is 3.06. The van der Waals surface area contributed by atoms with Crippen LogP contribution in [0.15, 0.2) is 30.6 Å². The van der Waals surface area contributed by atoms with Crippen LogP contribution in [0, 0.1) is 0 Å². The Hall–Kier alpha value is -1.41. The molecule has 19 heavy (non-hydrogen) atoms. The van der Waals surface area contributed by atoms with Crippen LogP contribution in [0.4, 0.5) is 0 Å². The van der Waals surface area contributed by atoms with Gasteiger partial charge in [-0.1, -0.05) is 32.9 Å². The van der Waals surface area contributed by atoms with E-state index in [0.29, 0.717) is 6.04 Å². The van der Waals surface area contributed by atoms with Crippen LogP contribution in [-0.2, 0) is 5.41 Å². The second kappa shape index (κ2) is 4.61. The van der Waals surface area contributed by atoms with Gasteiger partial charge < -0.3 is 5.32 Å². The van der Waals surface area contributed by atoms with Gasteiger partial charge in [0, 0.05) is 23.8 Å². The zero-order valence-corrected chi connectivity index (χ0v) is 12.0. The molecule has 1 saturated heterocycles. The van der Waals surface area contributed by atoms with Crippen LogP contribution in [0.2, 0.25) is 0 Å². The highest BCUT2D eigenvalue weighted by Crippen LogP contribution is 2.31. The summed E-state index contributed by atoms with van der Waals surface area (Å²) in [6.45, 7) is 7.88. The Morgan fingerprint density at radius 1 is 1.21 bits per heavy atom. The van der Waals surface area contributed by atoms with Crippen LogP contribution in [0.1, 0.15) is 50.8 Å². The molecule has 1 unspecified atom stereocenters. The summed E-state index contributed by atoms with van der Waals surface area (Å²) < 4.78 is 0. The summed E-state index contributed by atoms with van der Waals surface area (Å²) in [4.78, 5) is 4.43. The number of hydrogen-bond acceptors (Lipinski definition) is 2. The molecule has 1 atom stereocenters. The standard InChI is InChI=1S/C17H22N2/c1-17(2,3)15-11-18-10-13-9-12(6-7-14(13)15)16-5-4-8-19-16/h6-7,9-11,16,19H,4-5,8H2,1-3H3. The Bertz CT molecular complexity index is 590. The molecule has 1 aliphatic heterocycles. The van der Waals surface area contributed by atoms with Crippen molar-refractivity contribution in [1.29, 1.82) is 0 Å². The summed E-state index contributed by atoms with van der Waals surface area (Å²) in [5.41, 5.74) is 2.87. The lowest BCUT2D eigenvalue weighted by Crippen LogP contribution is -2.14. The minimum absolute atomic E-state index is 0.139. The van der Waals surface area contributed by atoms with Gasteiger partial charge in [-0.25, -0.2) is 0 Å². The number of fused-ring (bicyclic) bond motifs is 1. The maximum atomic E-state index is 4.43. The minimum atomic E-state index is 0.139. The van der Waals surface area contributed by atoms with E-state index >= 15 is 0 Å². The highest BCUT2D eigenvalue weighted by Gasteiger charge is 2.19. The fourth-order valence-corrected chi connectivity index (χ4v) is 2.98. The van der Waals surface area contributed by atoms with Crippen molar-refractivity contribution >= 4 is 10.8 Å². The average Bonchev–Trinajstić information content (AvgIpc) is 2.90. The highest BCUT2D eigenvalue weighted by atomic mass is 14.9. The highest BCUT2D eigenvalue weighted by molar-refractivity contribution is 5.86. The predicted octanol–water partition coefficient (Wildman–Crippen LogP) is 3.96. The molecular formula is C17H22N2. The van der Waals surface area contributed by atoms with E-state index < -0.39 is 0 Å². The van der Waals surface area contributed by atoms with Crippen LogP contribution < -0.4 is 5.32 Å². The van der Waals surface area contributed by atoms with E-state index in [-0.39, 0.29) is 5.41 Å². The number of rotatable bonds is 1. The first kappa shape index (κ1) is 12.6. The van der Waals surface area contributed by atoms with Gasteiger partial charge in [-0.05, 0) is 47.4 Å². The predicted molar refractivity (Wildman–Crippen MR) is 80.4 cm³/mol. The van der Waals surface area contributed by atoms with E-state index in [9.17, 15) is 0 Å². The van der Waals surface area contributed by atoms with Crippen molar-refractivity contribution in [2.24, 2.45) is 0 Å². The Morgan fingerprint density at radius 3 is 2.74 bits per heavy atom. The molecule has 1 fully saturated rings. The molecule has 2 nitrogen and oxygen atoms in total. The summed E-state index contributed by atoms with van der Waals surface area (Å²) in [5.74, 6) is 0. The van der Waals surface area contributed by atoms with Crippen molar-refractivity contribution in [3.8, 4) is 0 Å². The number of hydrogen-bond donors (Lipinski definition) is 1. The van der Waals surface area contributed by atoms with Gasteiger partial charge >= 0.3 is 0 Å². The summed E-state index contributed by atoms with van der Waals surface area (Å²) in [6.07, 6.45) is 6.53. The molecule has 1 N–H and O–H groups in total. The lowest BCUT2D eigenvalue weighted by Gasteiger charge is -2.21. The first-order valence-electron chi connectivity index (χ1n) is 7.17. The number of pyridine rings is 1. The Morgan fingerprint density at radius 2 is 2.05 bits per heavy atom. The maximum absolute atomic E-state index is 4.43. The van der Waals surface area contributed by atoms with E-state index in [1.807, 2.05) is 12.4 Å². The summed E-state index contributed by atoms with van der Waals surface area (Å²) in [6, 6.07) is 7.39. The molecule has 0 amide bonds. The molecule has 0 aliphatic carbocycles. The third kappa shape index (κ3) is 2.37. The topological polar surface area (TPSA) is 24.9 Å². The monoisotopic (exact) mass is 254 g/mol. The Balaban J connectivity index is 2.09. The summed E-state index contributed by atoms with van der Waals surface area (Å²) >= 11 is 0. The molecule has 100 valence electrons. The van der Waals surface area contributed by atoms with E-state index in [2.05, 4.69) is 49.3 Å². The molecule has 0 spiro atoms. The quantitative estimate of drug-likeness (QED) is 0.833. The van der Waals surface area contributed by atoms with Gasteiger partial charge in [0.05, 0.1) is 0 Å². The number of aromatic nitrogens is 1. The van der Waals surface area contributed by atoms with Crippen molar-refractivity contribution in [2.75, 3.05) is 6.54 Å². The molecule has 1 aromatic carbocycles. The zero-order valence-electron chi connectivity index (χ0n) is 12.0. The van der Waals surface area contributed by atoms with E-state index in [1.165, 1.54) is 34.7 Å². The fraction of sp³-hybridized carbons (Fsp3) is 0.471. The molecular weight excluding hydrogens is 232 g/mol. The molecule has 0 radical (unpaired) electrons. The third-order valence-corrected chi connectivity index (χ3v) is 4.05. The van der Waals surface area contributed by atoms with Crippen molar-refractivity contribution < 1.29 is 0 Å². The van der Waals surface area contributed by atoms with Crippen molar-refractivity contribution in [3.05, 3.63) is 41.7 Å². The van der Waals surface area contributed by atoms with Gasteiger partial charge in [0.15, 0.2) is 0 Å². The van der Waals surface area contributed by atoms with Gasteiger partial charge in [-0.15, -0.1) is 0 Å². The number of nitrogens with one attached hydrogen (secondary N) is 1. The molecule has 0 bridgehead atoms. The van der Waals surface area contributed by atoms with Gasteiger partial charge in [0.1, 0.15) is 0 Å². The molecule has 2 heterocycles. The first-order chi connectivity index (χ1) is 9.05. The van der Waals surface area contributed by atoms with Gasteiger partial charge in [0.2, 0.25) is 0 Å². The van der Waals surface area contributed by atoms with Crippen LogP contribution in [0.5, 0.6) is 0 Å². The van der Waals surface area contributed by atoms with Crippen molar-refractivity contribution in [2.45, 2.75) is 45.1 Å². The first-order valence-corrected chi connectivity index (χ1v) is 7.17. The molecule has 1 aromatic heterocycles. The van der Waals surface area contributed by atoms with E-state index in [0.717, 1.165) is 6.54 Å². The number of nitrogens with zero attached hydrogens (tertiary/aromatic N) is 1. The normalized spacial score (nSPS) is 20.1. The third-order valence-electron chi connectivity index (χ3n) is 4.05. The van der Waals surface area contributed by atoms with Crippen LogP contribution in [0.25, 0.3) is 10.8 Å². The largest absolute Gasteiger partial charge is 0.310 e. The molecule has 2 aromatic rings. The Labute approximate surface area is 115 Å². The van der Waals surface area contributed by atoms with E-state index in [1.54, 1.807) is 0 Å².